The summed E-state index contributed by atoms with van der Waals surface area (Å²) in [6.07, 6.45) is 5.14. The van der Waals surface area contributed by atoms with Gasteiger partial charge in [0.1, 0.15) is 17.7 Å². The van der Waals surface area contributed by atoms with E-state index in [0.717, 1.165) is 55.4 Å². The van der Waals surface area contributed by atoms with E-state index < -0.39 is 30.1 Å². The Kier molecular flexibility index (Phi) is 16.0. The van der Waals surface area contributed by atoms with Crippen LogP contribution >= 0.6 is 0 Å². The maximum absolute atomic E-state index is 13.6. The second-order valence-electron chi connectivity index (χ2n) is 14.9. The lowest BCUT2D eigenvalue weighted by molar-refractivity contribution is -0.151. The lowest BCUT2D eigenvalue weighted by Gasteiger charge is -2.15. The molecule has 0 aliphatic heterocycles. The highest BCUT2D eigenvalue weighted by Crippen LogP contribution is 2.39. The van der Waals surface area contributed by atoms with Crippen LogP contribution in [0.3, 0.4) is 0 Å². The summed E-state index contributed by atoms with van der Waals surface area (Å²) in [6.45, 7) is 13.7. The topological polar surface area (TPSA) is 109 Å². The number of fused-ring (bicyclic) bond motifs is 2. The molecule has 0 saturated heterocycles. The second-order valence-corrected chi connectivity index (χ2v) is 14.9. The Hall–Kier alpha value is -6.33. The van der Waals surface area contributed by atoms with Crippen LogP contribution in [0.2, 0.25) is 0 Å². The van der Waals surface area contributed by atoms with Gasteiger partial charge in [0, 0.05) is 63.3 Å². The SMILES string of the molecule is CCOC(=O)CC(/C=C/c1c(-c2ccc(F)cc2)c2ccccc2n1C(C)C)OC(C)=O.CCOC(=O)CC(O)/C=C/c1c(-c2ccc(F)cc2)c2ccccc2n1C(C)C. The van der Waals surface area contributed by atoms with Gasteiger partial charge in [-0.25, -0.2) is 8.78 Å². The Balaban J connectivity index is 0.000000232. The number of aliphatic hydroxyl groups excluding tert-OH is 1. The Morgan fingerprint density at radius 2 is 1.03 bits per heavy atom. The highest BCUT2D eigenvalue weighted by Gasteiger charge is 2.22. The number of aliphatic hydroxyl groups is 1. The van der Waals surface area contributed by atoms with Gasteiger partial charge >= 0.3 is 17.9 Å². The van der Waals surface area contributed by atoms with Crippen LogP contribution in [-0.2, 0) is 28.6 Å². The fraction of sp³-hybridized carbons (Fsp3) is 0.300. The number of ether oxygens (including phenoxy) is 3. The standard InChI is InChI=1S/C26H28FNO4.C24H26FNO3/c1-5-31-25(30)16-21(32-18(4)29)14-15-24-26(19-10-12-20(27)13-11-19)22-8-6-7-9-23(22)28(24)17(2)3;1-4-29-23(28)15-19(27)13-14-22-24(17-9-11-18(25)12-10-17)20-7-5-6-8-21(20)26(22)16(2)3/h6-15,17,21H,5,16H2,1-4H3;5-14,16,19,27H,4,15H2,1-3H3/b15-14+;14-13+. The maximum atomic E-state index is 13.6. The van der Waals surface area contributed by atoms with Crippen LogP contribution < -0.4 is 0 Å². The van der Waals surface area contributed by atoms with Crippen LogP contribution in [-0.4, -0.2) is 57.6 Å². The normalized spacial score (nSPS) is 12.6. The third-order valence-electron chi connectivity index (χ3n) is 9.81. The van der Waals surface area contributed by atoms with Gasteiger partial charge in [0.05, 0.1) is 32.2 Å². The van der Waals surface area contributed by atoms with E-state index in [1.807, 2.05) is 54.6 Å². The van der Waals surface area contributed by atoms with E-state index in [9.17, 15) is 28.3 Å². The van der Waals surface area contributed by atoms with Gasteiger partial charge in [-0.3, -0.25) is 14.4 Å². The lowest BCUT2D eigenvalue weighted by atomic mass is 10.0. The van der Waals surface area contributed by atoms with Gasteiger partial charge in [0.2, 0.25) is 0 Å². The zero-order chi connectivity index (χ0) is 44.2. The molecule has 2 aromatic heterocycles. The third-order valence-corrected chi connectivity index (χ3v) is 9.81. The summed E-state index contributed by atoms with van der Waals surface area (Å²) in [6, 6.07) is 29.2. The van der Waals surface area contributed by atoms with E-state index in [2.05, 4.69) is 42.9 Å². The van der Waals surface area contributed by atoms with Gasteiger partial charge < -0.3 is 28.5 Å². The molecule has 0 aliphatic carbocycles. The fourth-order valence-corrected chi connectivity index (χ4v) is 7.45. The molecule has 6 rings (SSSR count). The van der Waals surface area contributed by atoms with Gasteiger partial charge in [-0.1, -0.05) is 66.7 Å². The van der Waals surface area contributed by atoms with Crippen molar-refractivity contribution in [3.8, 4) is 22.3 Å². The minimum atomic E-state index is -0.950. The molecule has 4 aromatic carbocycles. The quantitative estimate of drug-likeness (QED) is 0.0810. The molecule has 9 nitrogen and oxygen atoms in total. The van der Waals surface area contributed by atoms with E-state index in [1.165, 1.54) is 31.2 Å². The highest BCUT2D eigenvalue weighted by molar-refractivity contribution is 6.02. The van der Waals surface area contributed by atoms with Gasteiger partial charge in [0.15, 0.2) is 0 Å². The number of para-hydroxylation sites is 2. The zero-order valence-electron chi connectivity index (χ0n) is 35.7. The molecule has 0 radical (unpaired) electrons. The number of hydrogen-bond acceptors (Lipinski definition) is 7. The van der Waals surface area contributed by atoms with E-state index in [-0.39, 0.29) is 49.8 Å². The van der Waals surface area contributed by atoms with Crippen LogP contribution in [0, 0.1) is 11.6 Å². The first kappa shape index (κ1) is 45.7. The molecule has 0 aliphatic rings. The minimum Gasteiger partial charge on any atom is -0.466 e. The summed E-state index contributed by atoms with van der Waals surface area (Å²) in [4.78, 5) is 35.2. The summed E-state index contributed by atoms with van der Waals surface area (Å²) in [5.74, 6) is -1.95. The predicted octanol–water partition coefficient (Wildman–Crippen LogP) is 11.3. The number of hydrogen-bond donors (Lipinski definition) is 1. The summed E-state index contributed by atoms with van der Waals surface area (Å²) >= 11 is 0. The smallest absolute Gasteiger partial charge is 0.309 e. The number of carbonyl (C=O) groups excluding carboxylic acids is 3. The lowest BCUT2D eigenvalue weighted by Crippen LogP contribution is -2.19. The first-order valence-electron chi connectivity index (χ1n) is 20.5. The van der Waals surface area contributed by atoms with Crippen molar-refractivity contribution in [2.24, 2.45) is 0 Å². The number of esters is 3. The van der Waals surface area contributed by atoms with Crippen molar-refractivity contribution in [2.75, 3.05) is 13.2 Å². The van der Waals surface area contributed by atoms with Crippen LogP contribution in [0.15, 0.2) is 109 Å². The van der Waals surface area contributed by atoms with Crippen molar-refractivity contribution < 1.29 is 42.5 Å². The van der Waals surface area contributed by atoms with Gasteiger partial charge in [-0.2, -0.15) is 0 Å². The van der Waals surface area contributed by atoms with E-state index in [4.69, 9.17) is 14.2 Å². The number of nitrogens with zero attached hydrogens (tertiary/aromatic N) is 2. The van der Waals surface area contributed by atoms with Crippen LogP contribution in [0.5, 0.6) is 0 Å². The molecule has 2 unspecified atom stereocenters. The second kappa shape index (κ2) is 21.3. The molecule has 0 saturated carbocycles. The van der Waals surface area contributed by atoms with Crippen LogP contribution in [0.25, 0.3) is 56.2 Å². The molecule has 0 fully saturated rings. The molecule has 1 N–H and O–H groups in total. The zero-order valence-corrected chi connectivity index (χ0v) is 35.7. The number of rotatable bonds is 15. The summed E-state index contributed by atoms with van der Waals surface area (Å²) in [5, 5.41) is 12.3. The van der Waals surface area contributed by atoms with Crippen molar-refractivity contribution in [2.45, 2.75) is 85.6 Å². The minimum absolute atomic E-state index is 0.0717. The van der Waals surface area contributed by atoms with Crippen LogP contribution in [0.1, 0.15) is 84.8 Å². The molecule has 2 atom stereocenters. The first-order valence-corrected chi connectivity index (χ1v) is 20.5. The van der Waals surface area contributed by atoms with Crippen molar-refractivity contribution in [3.63, 3.8) is 0 Å². The Morgan fingerprint density at radius 3 is 1.44 bits per heavy atom. The highest BCUT2D eigenvalue weighted by atomic mass is 19.1. The van der Waals surface area contributed by atoms with Crippen molar-refractivity contribution in [3.05, 3.63) is 132 Å². The third kappa shape index (κ3) is 11.5. The van der Waals surface area contributed by atoms with Gasteiger partial charge in [0.25, 0.3) is 0 Å². The molecule has 61 heavy (non-hydrogen) atoms. The summed E-state index contributed by atoms with van der Waals surface area (Å²) in [7, 11) is 0. The predicted molar refractivity (Wildman–Crippen MR) is 238 cm³/mol. The molecule has 0 bridgehead atoms. The fourth-order valence-electron chi connectivity index (χ4n) is 7.45. The summed E-state index contributed by atoms with van der Waals surface area (Å²) < 4.78 is 46.7. The Bertz CT molecular complexity index is 2500. The van der Waals surface area contributed by atoms with Gasteiger partial charge in [-0.15, -0.1) is 0 Å². The Labute approximate surface area is 355 Å². The average molecular weight is 833 g/mol. The molecule has 6 aromatic rings. The van der Waals surface area contributed by atoms with E-state index in [1.54, 1.807) is 50.3 Å². The number of halogens is 2. The molecule has 2 heterocycles. The van der Waals surface area contributed by atoms with Crippen molar-refractivity contribution in [1.29, 1.82) is 0 Å². The molecule has 0 amide bonds. The van der Waals surface area contributed by atoms with Crippen molar-refractivity contribution in [1.82, 2.24) is 9.13 Å². The number of carbonyl (C=O) groups is 3. The first-order chi connectivity index (χ1) is 29.2. The molecule has 320 valence electrons. The van der Waals surface area contributed by atoms with E-state index in [0.29, 0.717) is 0 Å². The average Bonchev–Trinajstić information content (AvgIpc) is 3.73. The van der Waals surface area contributed by atoms with Crippen molar-refractivity contribution >= 4 is 51.9 Å². The molecular weight excluding hydrogens is 779 g/mol. The molecule has 0 spiro atoms. The van der Waals surface area contributed by atoms with Crippen LogP contribution in [0.4, 0.5) is 8.78 Å². The van der Waals surface area contributed by atoms with Gasteiger partial charge in [-0.05, 0) is 107 Å². The number of benzene rings is 4. The maximum Gasteiger partial charge on any atom is 0.309 e. The largest absolute Gasteiger partial charge is 0.466 e. The van der Waals surface area contributed by atoms with E-state index >= 15 is 0 Å². The number of aromatic nitrogens is 2. The molecular formula is C50H54F2N2O7. The summed E-state index contributed by atoms with van der Waals surface area (Å²) in [5.41, 5.74) is 7.55. The Morgan fingerprint density at radius 1 is 0.623 bits per heavy atom. The monoisotopic (exact) mass is 832 g/mol. The molecule has 11 heteroatoms.